The molecule has 0 saturated carbocycles. The molecule has 1 unspecified atom stereocenters. The third kappa shape index (κ3) is 6.96. The number of benzene rings is 1. The number of aryl methyl sites for hydroxylation is 3. The van der Waals surface area contributed by atoms with Gasteiger partial charge in [0, 0.05) is 44.1 Å². The Morgan fingerprint density at radius 1 is 1.15 bits per heavy atom. The number of para-hydroxylation sites is 1. The van der Waals surface area contributed by atoms with Gasteiger partial charge in [0.15, 0.2) is 5.96 Å². The van der Waals surface area contributed by atoms with Crippen LogP contribution >= 0.6 is 0 Å². The molecule has 0 saturated heterocycles. The fraction of sp³-hybridized carbons (Fsp3) is 0.524. The van der Waals surface area contributed by atoms with Crippen molar-refractivity contribution in [3.05, 3.63) is 47.8 Å². The molecule has 0 aliphatic heterocycles. The molecule has 2 aromatic rings. The van der Waals surface area contributed by atoms with E-state index in [9.17, 15) is 0 Å². The van der Waals surface area contributed by atoms with Crippen LogP contribution < -0.4 is 16.0 Å². The molecule has 6 nitrogen and oxygen atoms in total. The second kappa shape index (κ2) is 10.6. The lowest BCUT2D eigenvalue weighted by Crippen LogP contribution is -2.45. The second-order valence-corrected chi connectivity index (χ2v) is 7.24. The lowest BCUT2D eigenvalue weighted by Gasteiger charge is -2.25. The minimum Gasteiger partial charge on any atom is -0.380 e. The molecule has 0 amide bonds. The van der Waals surface area contributed by atoms with Gasteiger partial charge in [0.2, 0.25) is 0 Å². The van der Waals surface area contributed by atoms with E-state index in [1.165, 1.54) is 5.69 Å². The van der Waals surface area contributed by atoms with Crippen molar-refractivity contribution in [3.8, 4) is 0 Å². The van der Waals surface area contributed by atoms with Crippen molar-refractivity contribution in [2.45, 2.75) is 46.7 Å². The summed E-state index contributed by atoms with van der Waals surface area (Å²) >= 11 is 0. The van der Waals surface area contributed by atoms with Gasteiger partial charge in [-0.05, 0) is 44.4 Å². The first-order valence-corrected chi connectivity index (χ1v) is 9.76. The highest BCUT2D eigenvalue weighted by atomic mass is 15.3. The Morgan fingerprint density at radius 2 is 1.89 bits per heavy atom. The first kappa shape index (κ1) is 20.8. The maximum Gasteiger partial charge on any atom is 0.191 e. The number of nitrogens with one attached hydrogen (secondary N) is 3. The van der Waals surface area contributed by atoms with E-state index in [1.807, 2.05) is 20.0 Å². The van der Waals surface area contributed by atoms with Crippen molar-refractivity contribution >= 4 is 11.6 Å². The second-order valence-electron chi connectivity index (χ2n) is 7.24. The minimum atomic E-state index is 0.320. The van der Waals surface area contributed by atoms with Crippen LogP contribution in [-0.4, -0.2) is 41.9 Å². The minimum absolute atomic E-state index is 0.320. The number of guanidine groups is 1. The maximum absolute atomic E-state index is 4.50. The molecule has 1 atom stereocenters. The summed E-state index contributed by atoms with van der Waals surface area (Å²) in [6.07, 6.45) is 0.999. The molecular formula is C21H34N6. The number of rotatable bonds is 9. The molecule has 3 N–H and O–H groups in total. The Hall–Kier alpha value is -2.50. The summed E-state index contributed by atoms with van der Waals surface area (Å²) in [5.74, 6) is 1.34. The topological polar surface area (TPSA) is 66.3 Å². The van der Waals surface area contributed by atoms with Gasteiger partial charge in [-0.1, -0.05) is 32.0 Å². The maximum atomic E-state index is 4.50. The van der Waals surface area contributed by atoms with Crippen LogP contribution in [-0.2, 0) is 6.54 Å². The molecule has 1 heterocycles. The summed E-state index contributed by atoms with van der Waals surface area (Å²) < 4.78 is 2.06. The lowest BCUT2D eigenvalue weighted by atomic mass is 10.0. The van der Waals surface area contributed by atoms with Gasteiger partial charge in [0.05, 0.1) is 5.69 Å². The van der Waals surface area contributed by atoms with Gasteiger partial charge in [-0.15, -0.1) is 0 Å². The molecule has 0 aliphatic carbocycles. The van der Waals surface area contributed by atoms with Crippen LogP contribution in [0.1, 0.15) is 31.7 Å². The van der Waals surface area contributed by atoms with Gasteiger partial charge in [-0.25, -0.2) is 0 Å². The molecule has 27 heavy (non-hydrogen) atoms. The Balaban J connectivity index is 1.75. The molecule has 0 aliphatic rings. The van der Waals surface area contributed by atoms with Gasteiger partial charge in [0.25, 0.3) is 0 Å². The molecule has 6 heteroatoms. The van der Waals surface area contributed by atoms with Crippen molar-refractivity contribution in [2.75, 3.05) is 25.5 Å². The van der Waals surface area contributed by atoms with Crippen LogP contribution in [0, 0.1) is 19.8 Å². The molecule has 0 fully saturated rings. The lowest BCUT2D eigenvalue weighted by molar-refractivity contribution is 0.510. The summed E-state index contributed by atoms with van der Waals surface area (Å²) in [4.78, 5) is 4.34. The molecular weight excluding hydrogens is 336 g/mol. The standard InChI is InChI=1S/C21H34N6/c1-16(2)20(25-19-10-7-6-8-11-19)15-24-21(22-5)23-12-9-13-27-18(4)14-17(3)26-27/h6-8,10-11,14,16,20,25H,9,12-13,15H2,1-5H3,(H2,22,23,24). The predicted octanol–water partition coefficient (Wildman–Crippen LogP) is 3.19. The Labute approximate surface area is 163 Å². The molecule has 148 valence electrons. The summed E-state index contributed by atoms with van der Waals surface area (Å²) in [6, 6.07) is 12.8. The number of anilines is 1. The zero-order valence-corrected chi connectivity index (χ0v) is 17.3. The van der Waals surface area contributed by atoms with E-state index >= 15 is 0 Å². The van der Waals surface area contributed by atoms with E-state index in [2.05, 4.69) is 81.8 Å². The summed E-state index contributed by atoms with van der Waals surface area (Å²) in [7, 11) is 1.81. The summed E-state index contributed by atoms with van der Waals surface area (Å²) in [5.41, 5.74) is 3.43. The van der Waals surface area contributed by atoms with E-state index in [-0.39, 0.29) is 0 Å². The molecule has 2 rings (SSSR count). The number of aliphatic imine (C=N–C) groups is 1. The largest absolute Gasteiger partial charge is 0.380 e. The summed E-state index contributed by atoms with van der Waals surface area (Å²) in [6.45, 7) is 11.2. The molecule has 1 aromatic heterocycles. The Kier molecular flexibility index (Phi) is 8.17. The van der Waals surface area contributed by atoms with Crippen LogP contribution in [0.2, 0.25) is 0 Å². The number of aromatic nitrogens is 2. The smallest absolute Gasteiger partial charge is 0.191 e. The third-order valence-corrected chi connectivity index (χ3v) is 4.59. The molecule has 0 radical (unpaired) electrons. The van der Waals surface area contributed by atoms with E-state index in [0.717, 1.165) is 43.4 Å². The number of hydrogen-bond acceptors (Lipinski definition) is 3. The zero-order valence-electron chi connectivity index (χ0n) is 17.3. The van der Waals surface area contributed by atoms with E-state index in [0.29, 0.717) is 12.0 Å². The highest BCUT2D eigenvalue weighted by Gasteiger charge is 2.13. The van der Waals surface area contributed by atoms with Crippen molar-refractivity contribution in [1.82, 2.24) is 20.4 Å². The number of hydrogen-bond donors (Lipinski definition) is 3. The van der Waals surface area contributed by atoms with Gasteiger partial charge >= 0.3 is 0 Å². The summed E-state index contributed by atoms with van der Waals surface area (Å²) in [5, 5.41) is 14.9. The monoisotopic (exact) mass is 370 g/mol. The van der Waals surface area contributed by atoms with E-state index in [1.54, 1.807) is 0 Å². The van der Waals surface area contributed by atoms with Crippen LogP contribution in [0.25, 0.3) is 0 Å². The average Bonchev–Trinajstić information content (AvgIpc) is 2.97. The van der Waals surface area contributed by atoms with Gasteiger partial charge in [-0.2, -0.15) is 5.10 Å². The van der Waals surface area contributed by atoms with Crippen molar-refractivity contribution in [3.63, 3.8) is 0 Å². The van der Waals surface area contributed by atoms with Gasteiger partial charge in [0.1, 0.15) is 0 Å². The fourth-order valence-electron chi connectivity index (χ4n) is 2.97. The highest BCUT2D eigenvalue weighted by Crippen LogP contribution is 2.11. The van der Waals surface area contributed by atoms with Crippen LogP contribution in [0.15, 0.2) is 41.4 Å². The van der Waals surface area contributed by atoms with Crippen LogP contribution in [0.4, 0.5) is 5.69 Å². The van der Waals surface area contributed by atoms with E-state index in [4.69, 9.17) is 0 Å². The predicted molar refractivity (Wildman–Crippen MR) is 114 cm³/mol. The normalized spacial score (nSPS) is 12.9. The molecule has 1 aromatic carbocycles. The van der Waals surface area contributed by atoms with Crippen molar-refractivity contribution in [2.24, 2.45) is 10.9 Å². The van der Waals surface area contributed by atoms with Crippen molar-refractivity contribution in [1.29, 1.82) is 0 Å². The molecule has 0 bridgehead atoms. The first-order chi connectivity index (χ1) is 13.0. The third-order valence-electron chi connectivity index (χ3n) is 4.59. The SMILES string of the molecule is CN=C(NCCCn1nc(C)cc1C)NCC(Nc1ccccc1)C(C)C. The Bertz CT molecular complexity index is 705. The zero-order chi connectivity index (χ0) is 19.6. The van der Waals surface area contributed by atoms with E-state index < -0.39 is 0 Å². The van der Waals surface area contributed by atoms with Crippen LogP contribution in [0.5, 0.6) is 0 Å². The number of nitrogens with zero attached hydrogens (tertiary/aromatic N) is 3. The van der Waals surface area contributed by atoms with Gasteiger partial charge in [-0.3, -0.25) is 9.67 Å². The average molecular weight is 371 g/mol. The highest BCUT2D eigenvalue weighted by molar-refractivity contribution is 5.79. The molecule has 0 spiro atoms. The Morgan fingerprint density at radius 3 is 2.48 bits per heavy atom. The van der Waals surface area contributed by atoms with Crippen LogP contribution in [0.3, 0.4) is 0 Å². The quantitative estimate of drug-likeness (QED) is 0.360. The van der Waals surface area contributed by atoms with Crippen molar-refractivity contribution < 1.29 is 0 Å². The first-order valence-electron chi connectivity index (χ1n) is 9.76. The van der Waals surface area contributed by atoms with Gasteiger partial charge < -0.3 is 16.0 Å². The fourth-order valence-corrected chi connectivity index (χ4v) is 2.97.